The molecule has 0 spiro atoms. The van der Waals surface area contributed by atoms with Gasteiger partial charge in [0.25, 0.3) is 11.4 Å². The van der Waals surface area contributed by atoms with Gasteiger partial charge in [-0.1, -0.05) is 17.3 Å². The number of nitrogens with zero attached hydrogens (tertiary/aromatic N) is 3. The predicted molar refractivity (Wildman–Crippen MR) is 70.1 cm³/mol. The molecule has 3 rings (SSSR count). The van der Waals surface area contributed by atoms with Gasteiger partial charge in [-0.2, -0.15) is 10.1 Å². The second-order valence-electron chi connectivity index (χ2n) is 3.96. The lowest BCUT2D eigenvalue weighted by Gasteiger charge is -1.99. The zero-order valence-corrected chi connectivity index (χ0v) is 10.5. The Morgan fingerprint density at radius 1 is 1.25 bits per heavy atom. The summed E-state index contributed by atoms with van der Waals surface area (Å²) in [4.78, 5) is 15.2. The fourth-order valence-electron chi connectivity index (χ4n) is 1.67. The molecule has 2 heterocycles. The van der Waals surface area contributed by atoms with Gasteiger partial charge in [-0.15, -0.1) is 0 Å². The van der Waals surface area contributed by atoms with E-state index in [0.29, 0.717) is 17.3 Å². The van der Waals surface area contributed by atoms with E-state index >= 15 is 0 Å². The molecule has 20 heavy (non-hydrogen) atoms. The Morgan fingerprint density at radius 3 is 2.90 bits per heavy atom. The second-order valence-corrected chi connectivity index (χ2v) is 3.96. The van der Waals surface area contributed by atoms with Crippen molar-refractivity contribution < 1.29 is 9.26 Å². The van der Waals surface area contributed by atoms with E-state index in [-0.39, 0.29) is 11.4 Å². The molecule has 7 nitrogen and oxygen atoms in total. The van der Waals surface area contributed by atoms with Crippen molar-refractivity contribution in [3.05, 3.63) is 46.8 Å². The van der Waals surface area contributed by atoms with E-state index < -0.39 is 0 Å². The molecule has 0 bridgehead atoms. The number of benzene rings is 1. The summed E-state index contributed by atoms with van der Waals surface area (Å²) in [6.07, 6.45) is 0. The first-order chi connectivity index (χ1) is 9.76. The molecule has 1 N–H and O–H groups in total. The molecule has 0 atom stereocenters. The van der Waals surface area contributed by atoms with Crippen LogP contribution in [-0.4, -0.2) is 27.4 Å². The maximum Gasteiger partial charge on any atom is 0.278 e. The summed E-state index contributed by atoms with van der Waals surface area (Å²) < 4.78 is 10.3. The van der Waals surface area contributed by atoms with Crippen LogP contribution in [0.2, 0.25) is 0 Å². The summed E-state index contributed by atoms with van der Waals surface area (Å²) in [5, 5.41) is 10.0. The van der Waals surface area contributed by atoms with Gasteiger partial charge in [-0.3, -0.25) is 4.79 Å². The molecule has 0 unspecified atom stereocenters. The molecule has 1 aromatic carbocycles. The number of methoxy groups -OCH3 is 1. The molecule has 7 heteroatoms. The number of hydrogen-bond acceptors (Lipinski definition) is 6. The Balaban J connectivity index is 1.97. The molecule has 0 fully saturated rings. The van der Waals surface area contributed by atoms with E-state index in [1.165, 1.54) is 12.1 Å². The number of rotatable bonds is 3. The molecule has 0 aliphatic carbocycles. The van der Waals surface area contributed by atoms with E-state index in [2.05, 4.69) is 20.3 Å². The Morgan fingerprint density at radius 2 is 2.15 bits per heavy atom. The monoisotopic (exact) mass is 270 g/mol. The van der Waals surface area contributed by atoms with Crippen molar-refractivity contribution in [3.8, 4) is 28.7 Å². The highest BCUT2D eigenvalue weighted by molar-refractivity contribution is 5.59. The quantitative estimate of drug-likeness (QED) is 0.775. The van der Waals surface area contributed by atoms with Crippen LogP contribution in [0.5, 0.6) is 5.75 Å². The van der Waals surface area contributed by atoms with Gasteiger partial charge in [-0.25, -0.2) is 5.10 Å². The standard InChI is InChI=1S/C13H10N4O3/c1-19-9-4-2-3-8(7-9)12-14-13(20-17-12)10-5-6-11(18)16-15-10/h2-7H,1H3,(H,16,18). The maximum absolute atomic E-state index is 11.0. The van der Waals surface area contributed by atoms with Crippen LogP contribution in [0.1, 0.15) is 0 Å². The predicted octanol–water partition coefficient (Wildman–Crippen LogP) is 1.50. The largest absolute Gasteiger partial charge is 0.497 e. The number of nitrogens with one attached hydrogen (secondary N) is 1. The summed E-state index contributed by atoms with van der Waals surface area (Å²) in [7, 11) is 1.59. The Bertz CT molecular complexity index is 774. The summed E-state index contributed by atoms with van der Waals surface area (Å²) in [5.74, 6) is 1.36. The Kier molecular flexibility index (Phi) is 3.00. The van der Waals surface area contributed by atoms with Crippen molar-refractivity contribution in [1.29, 1.82) is 0 Å². The zero-order chi connectivity index (χ0) is 13.9. The summed E-state index contributed by atoms with van der Waals surface area (Å²) in [6.45, 7) is 0. The van der Waals surface area contributed by atoms with Crippen molar-refractivity contribution in [3.63, 3.8) is 0 Å². The molecule has 0 amide bonds. The van der Waals surface area contributed by atoms with Crippen LogP contribution in [0.15, 0.2) is 45.7 Å². The van der Waals surface area contributed by atoms with Crippen LogP contribution in [0.25, 0.3) is 23.0 Å². The molecule has 0 aliphatic rings. The maximum atomic E-state index is 11.0. The molecule has 3 aromatic rings. The molecule has 0 aliphatic heterocycles. The number of H-pyrrole nitrogens is 1. The van der Waals surface area contributed by atoms with E-state index in [1.54, 1.807) is 13.2 Å². The van der Waals surface area contributed by atoms with Gasteiger partial charge in [0.1, 0.15) is 11.4 Å². The number of ether oxygens (including phenoxy) is 1. The van der Waals surface area contributed by atoms with E-state index in [4.69, 9.17) is 9.26 Å². The van der Waals surface area contributed by atoms with Gasteiger partial charge in [0.2, 0.25) is 5.82 Å². The molecular formula is C13H10N4O3. The highest BCUT2D eigenvalue weighted by Gasteiger charge is 2.12. The van der Waals surface area contributed by atoms with Gasteiger partial charge in [0.15, 0.2) is 0 Å². The second kappa shape index (κ2) is 4.96. The molecule has 0 radical (unpaired) electrons. The zero-order valence-electron chi connectivity index (χ0n) is 10.5. The molecular weight excluding hydrogens is 260 g/mol. The lowest BCUT2D eigenvalue weighted by molar-refractivity contribution is 0.414. The summed E-state index contributed by atoms with van der Waals surface area (Å²) in [5.41, 5.74) is 0.885. The first-order valence-electron chi connectivity index (χ1n) is 5.80. The van der Waals surface area contributed by atoms with Gasteiger partial charge in [0.05, 0.1) is 7.11 Å². The third kappa shape index (κ3) is 2.28. The van der Waals surface area contributed by atoms with Crippen molar-refractivity contribution in [1.82, 2.24) is 20.3 Å². The number of hydrogen-bond donors (Lipinski definition) is 1. The lowest BCUT2D eigenvalue weighted by atomic mass is 10.2. The van der Waals surface area contributed by atoms with Gasteiger partial charge in [-0.05, 0) is 18.2 Å². The van der Waals surface area contributed by atoms with Crippen molar-refractivity contribution in [2.45, 2.75) is 0 Å². The molecule has 0 saturated carbocycles. The first-order valence-corrected chi connectivity index (χ1v) is 5.80. The average Bonchev–Trinajstić information content (AvgIpc) is 2.98. The van der Waals surface area contributed by atoms with Crippen LogP contribution in [0.4, 0.5) is 0 Å². The Labute approximate surface area is 113 Å². The van der Waals surface area contributed by atoms with Gasteiger partial charge < -0.3 is 9.26 Å². The topological polar surface area (TPSA) is 93.9 Å². The van der Waals surface area contributed by atoms with Crippen LogP contribution in [-0.2, 0) is 0 Å². The normalized spacial score (nSPS) is 10.4. The minimum absolute atomic E-state index is 0.235. The fraction of sp³-hybridized carbons (Fsp3) is 0.0769. The van der Waals surface area contributed by atoms with Crippen LogP contribution < -0.4 is 10.3 Å². The third-order valence-electron chi connectivity index (χ3n) is 2.65. The summed E-state index contributed by atoms with van der Waals surface area (Å²) >= 11 is 0. The highest BCUT2D eigenvalue weighted by Crippen LogP contribution is 2.23. The Hall–Kier alpha value is -2.96. The molecule has 0 saturated heterocycles. The minimum Gasteiger partial charge on any atom is -0.497 e. The van der Waals surface area contributed by atoms with E-state index in [9.17, 15) is 4.79 Å². The molecule has 2 aromatic heterocycles. The highest BCUT2D eigenvalue weighted by atomic mass is 16.5. The average molecular weight is 270 g/mol. The lowest BCUT2D eigenvalue weighted by Crippen LogP contribution is -2.05. The van der Waals surface area contributed by atoms with Gasteiger partial charge >= 0.3 is 0 Å². The van der Waals surface area contributed by atoms with Crippen molar-refractivity contribution in [2.24, 2.45) is 0 Å². The minimum atomic E-state index is -0.290. The third-order valence-corrected chi connectivity index (χ3v) is 2.65. The smallest absolute Gasteiger partial charge is 0.278 e. The van der Waals surface area contributed by atoms with Gasteiger partial charge in [0, 0.05) is 11.6 Å². The van der Waals surface area contributed by atoms with E-state index in [0.717, 1.165) is 5.56 Å². The number of aromatic nitrogens is 4. The summed E-state index contributed by atoms with van der Waals surface area (Å²) in [6, 6.07) is 10.2. The van der Waals surface area contributed by atoms with Crippen molar-refractivity contribution >= 4 is 0 Å². The number of aromatic amines is 1. The van der Waals surface area contributed by atoms with Crippen LogP contribution in [0, 0.1) is 0 Å². The van der Waals surface area contributed by atoms with Crippen LogP contribution in [0.3, 0.4) is 0 Å². The fourth-order valence-corrected chi connectivity index (χ4v) is 1.67. The van der Waals surface area contributed by atoms with E-state index in [1.807, 2.05) is 18.2 Å². The SMILES string of the molecule is COc1cccc(-c2noc(-c3ccc(=O)[nH]n3)n2)c1. The molecule has 100 valence electrons. The van der Waals surface area contributed by atoms with Crippen molar-refractivity contribution in [2.75, 3.05) is 7.11 Å². The first kappa shape index (κ1) is 12.1. The van der Waals surface area contributed by atoms with Crippen LogP contribution >= 0.6 is 0 Å².